The fraction of sp³-hybridized carbons (Fsp3) is 0.364. The van der Waals surface area contributed by atoms with Gasteiger partial charge in [0, 0.05) is 19.2 Å². The SMILES string of the molecule is C=C/C=C\C(=C/C)C(=O)N(C)CCO. The van der Waals surface area contributed by atoms with Crippen LogP contribution in [0.5, 0.6) is 0 Å². The Kier molecular flexibility index (Phi) is 6.41. The number of carbonyl (C=O) groups is 1. The van der Waals surface area contributed by atoms with Gasteiger partial charge in [0.1, 0.15) is 0 Å². The molecule has 0 heterocycles. The van der Waals surface area contributed by atoms with Crippen LogP contribution in [0, 0.1) is 0 Å². The molecule has 0 unspecified atom stereocenters. The van der Waals surface area contributed by atoms with Crippen molar-refractivity contribution in [2.24, 2.45) is 0 Å². The van der Waals surface area contributed by atoms with Crippen LogP contribution in [0.3, 0.4) is 0 Å². The van der Waals surface area contributed by atoms with Gasteiger partial charge >= 0.3 is 0 Å². The highest BCUT2D eigenvalue weighted by atomic mass is 16.3. The molecule has 0 aliphatic rings. The van der Waals surface area contributed by atoms with Crippen LogP contribution < -0.4 is 0 Å². The van der Waals surface area contributed by atoms with Gasteiger partial charge in [-0.2, -0.15) is 0 Å². The second kappa shape index (κ2) is 7.09. The predicted molar refractivity (Wildman–Crippen MR) is 57.8 cm³/mol. The molecule has 0 radical (unpaired) electrons. The maximum atomic E-state index is 11.6. The third-order valence-electron chi connectivity index (χ3n) is 1.75. The van der Waals surface area contributed by atoms with E-state index in [0.29, 0.717) is 12.1 Å². The second-order valence-corrected chi connectivity index (χ2v) is 2.79. The number of aliphatic hydroxyl groups excluding tert-OH is 1. The molecule has 0 aromatic carbocycles. The Morgan fingerprint density at radius 3 is 2.64 bits per heavy atom. The number of likely N-dealkylation sites (N-methyl/N-ethyl adjacent to an activating group) is 1. The van der Waals surface area contributed by atoms with Crippen LogP contribution in [0.4, 0.5) is 0 Å². The van der Waals surface area contributed by atoms with E-state index in [9.17, 15) is 4.79 Å². The first-order valence-electron chi connectivity index (χ1n) is 4.49. The minimum absolute atomic E-state index is 0.0234. The quantitative estimate of drug-likeness (QED) is 0.527. The van der Waals surface area contributed by atoms with E-state index in [1.807, 2.05) is 0 Å². The van der Waals surface area contributed by atoms with E-state index in [0.717, 1.165) is 0 Å². The standard InChI is InChI=1S/C11H17NO2/c1-4-6-7-10(5-2)11(14)12(3)8-9-13/h4-7,13H,1,8-9H2,2-3H3/b7-6-,10-5+. The van der Waals surface area contributed by atoms with Crippen molar-refractivity contribution in [2.75, 3.05) is 20.2 Å². The van der Waals surface area contributed by atoms with Crippen molar-refractivity contribution in [3.63, 3.8) is 0 Å². The van der Waals surface area contributed by atoms with Crippen LogP contribution in [0.25, 0.3) is 0 Å². The Hall–Kier alpha value is -1.35. The minimum Gasteiger partial charge on any atom is -0.395 e. The van der Waals surface area contributed by atoms with Gasteiger partial charge < -0.3 is 10.0 Å². The zero-order valence-electron chi connectivity index (χ0n) is 8.73. The summed E-state index contributed by atoms with van der Waals surface area (Å²) in [6, 6.07) is 0. The van der Waals surface area contributed by atoms with Crippen LogP contribution in [-0.4, -0.2) is 36.1 Å². The summed E-state index contributed by atoms with van der Waals surface area (Å²) in [5.41, 5.74) is 0.598. The molecular weight excluding hydrogens is 178 g/mol. The molecule has 0 aliphatic carbocycles. The van der Waals surface area contributed by atoms with Crippen LogP contribution >= 0.6 is 0 Å². The molecule has 0 saturated heterocycles. The molecule has 0 bridgehead atoms. The van der Waals surface area contributed by atoms with Crippen molar-refractivity contribution in [1.82, 2.24) is 4.90 Å². The largest absolute Gasteiger partial charge is 0.395 e. The fourth-order valence-corrected chi connectivity index (χ4v) is 0.935. The Labute approximate surface area is 85.0 Å². The molecule has 0 spiro atoms. The lowest BCUT2D eigenvalue weighted by Gasteiger charge is -2.15. The number of hydrogen-bond acceptors (Lipinski definition) is 2. The van der Waals surface area contributed by atoms with Crippen LogP contribution in [0.15, 0.2) is 36.5 Å². The van der Waals surface area contributed by atoms with E-state index < -0.39 is 0 Å². The summed E-state index contributed by atoms with van der Waals surface area (Å²) in [6.07, 6.45) is 6.75. The summed E-state index contributed by atoms with van der Waals surface area (Å²) in [5.74, 6) is -0.0975. The maximum Gasteiger partial charge on any atom is 0.253 e. The second-order valence-electron chi connectivity index (χ2n) is 2.79. The normalized spacial score (nSPS) is 11.8. The molecule has 0 aliphatic heterocycles. The van der Waals surface area contributed by atoms with Crippen LogP contribution in [-0.2, 0) is 4.79 Å². The van der Waals surface area contributed by atoms with E-state index >= 15 is 0 Å². The van der Waals surface area contributed by atoms with E-state index in [1.165, 1.54) is 4.90 Å². The Morgan fingerprint density at radius 2 is 2.21 bits per heavy atom. The molecule has 0 aromatic heterocycles. The Morgan fingerprint density at radius 1 is 1.57 bits per heavy atom. The number of hydrogen-bond donors (Lipinski definition) is 1. The molecule has 3 nitrogen and oxygen atoms in total. The first-order valence-corrected chi connectivity index (χ1v) is 4.49. The van der Waals surface area contributed by atoms with Gasteiger partial charge in [0.05, 0.1) is 6.61 Å². The predicted octanol–water partition coefficient (Wildman–Crippen LogP) is 1.13. The highest BCUT2D eigenvalue weighted by Gasteiger charge is 2.10. The first kappa shape index (κ1) is 12.7. The first-order chi connectivity index (χ1) is 6.67. The summed E-state index contributed by atoms with van der Waals surface area (Å²) in [7, 11) is 1.66. The number of carbonyl (C=O) groups excluding carboxylic acids is 1. The third kappa shape index (κ3) is 4.05. The number of allylic oxidation sites excluding steroid dienone is 3. The van der Waals surface area contributed by atoms with Gasteiger partial charge in [-0.05, 0) is 13.0 Å². The molecular formula is C11H17NO2. The molecule has 0 rings (SSSR count). The van der Waals surface area contributed by atoms with Crippen molar-refractivity contribution < 1.29 is 9.90 Å². The summed E-state index contributed by atoms with van der Waals surface area (Å²) in [4.78, 5) is 13.1. The lowest BCUT2D eigenvalue weighted by atomic mass is 10.2. The van der Waals surface area contributed by atoms with Crippen molar-refractivity contribution in [3.8, 4) is 0 Å². The molecule has 3 heteroatoms. The lowest BCUT2D eigenvalue weighted by molar-refractivity contribution is -0.125. The Balaban J connectivity index is 4.47. The van der Waals surface area contributed by atoms with Gasteiger partial charge in [-0.1, -0.05) is 24.8 Å². The monoisotopic (exact) mass is 195 g/mol. The smallest absolute Gasteiger partial charge is 0.253 e. The van der Waals surface area contributed by atoms with Crippen molar-refractivity contribution >= 4 is 5.91 Å². The highest BCUT2D eigenvalue weighted by Crippen LogP contribution is 2.02. The van der Waals surface area contributed by atoms with E-state index in [1.54, 1.807) is 38.3 Å². The lowest BCUT2D eigenvalue weighted by Crippen LogP contribution is -2.30. The number of rotatable bonds is 5. The number of aliphatic hydroxyl groups is 1. The highest BCUT2D eigenvalue weighted by molar-refractivity contribution is 5.95. The molecule has 1 N–H and O–H groups in total. The van der Waals surface area contributed by atoms with Gasteiger partial charge in [-0.25, -0.2) is 0 Å². The van der Waals surface area contributed by atoms with E-state index in [-0.39, 0.29) is 12.5 Å². The molecule has 0 atom stereocenters. The van der Waals surface area contributed by atoms with E-state index in [2.05, 4.69) is 6.58 Å². The maximum absolute atomic E-state index is 11.6. The van der Waals surface area contributed by atoms with Crippen molar-refractivity contribution in [2.45, 2.75) is 6.92 Å². The van der Waals surface area contributed by atoms with Crippen molar-refractivity contribution in [1.29, 1.82) is 0 Å². The molecule has 0 fully saturated rings. The van der Waals surface area contributed by atoms with Gasteiger partial charge in [-0.3, -0.25) is 4.79 Å². The zero-order valence-corrected chi connectivity index (χ0v) is 8.73. The number of nitrogens with zero attached hydrogens (tertiary/aromatic N) is 1. The van der Waals surface area contributed by atoms with Gasteiger partial charge in [0.15, 0.2) is 0 Å². The third-order valence-corrected chi connectivity index (χ3v) is 1.75. The van der Waals surface area contributed by atoms with Crippen LogP contribution in [0.2, 0.25) is 0 Å². The molecule has 14 heavy (non-hydrogen) atoms. The molecule has 0 aromatic rings. The minimum atomic E-state index is -0.0975. The number of amides is 1. The van der Waals surface area contributed by atoms with Gasteiger partial charge in [-0.15, -0.1) is 0 Å². The van der Waals surface area contributed by atoms with Crippen LogP contribution in [0.1, 0.15) is 6.92 Å². The summed E-state index contributed by atoms with van der Waals surface area (Å²) in [6.45, 7) is 5.65. The Bertz CT molecular complexity index is 254. The zero-order chi connectivity index (χ0) is 11.0. The fourth-order valence-electron chi connectivity index (χ4n) is 0.935. The summed E-state index contributed by atoms with van der Waals surface area (Å²) >= 11 is 0. The molecule has 78 valence electrons. The van der Waals surface area contributed by atoms with Gasteiger partial charge in [0.25, 0.3) is 5.91 Å². The molecule has 0 saturated carbocycles. The summed E-state index contributed by atoms with van der Waals surface area (Å²) in [5, 5.41) is 8.67. The average molecular weight is 195 g/mol. The average Bonchev–Trinajstić information content (AvgIpc) is 2.19. The topological polar surface area (TPSA) is 40.5 Å². The van der Waals surface area contributed by atoms with E-state index in [4.69, 9.17) is 5.11 Å². The van der Waals surface area contributed by atoms with Crippen molar-refractivity contribution in [3.05, 3.63) is 36.5 Å². The summed E-state index contributed by atoms with van der Waals surface area (Å²) < 4.78 is 0. The van der Waals surface area contributed by atoms with Gasteiger partial charge in [0.2, 0.25) is 0 Å². The molecule has 1 amide bonds.